The summed E-state index contributed by atoms with van der Waals surface area (Å²) in [5.41, 5.74) is 1.87. The Labute approximate surface area is 161 Å². The second-order valence-corrected chi connectivity index (χ2v) is 6.06. The molecule has 0 aliphatic carbocycles. The van der Waals surface area contributed by atoms with Crippen molar-refractivity contribution in [3.05, 3.63) is 71.4 Å². The van der Waals surface area contributed by atoms with Gasteiger partial charge in [-0.1, -0.05) is 12.1 Å². The highest BCUT2D eigenvalue weighted by Gasteiger charge is 2.31. The van der Waals surface area contributed by atoms with E-state index in [0.717, 1.165) is 0 Å². The number of alkyl halides is 3. The number of aromatic nitrogens is 4. The first-order chi connectivity index (χ1) is 13.9. The number of aryl methyl sites for hydroxylation is 2. The minimum absolute atomic E-state index is 0.171. The van der Waals surface area contributed by atoms with E-state index in [2.05, 4.69) is 19.7 Å². The zero-order valence-electron chi connectivity index (χ0n) is 14.8. The molecule has 0 saturated carbocycles. The highest BCUT2D eigenvalue weighted by atomic mass is 19.4. The van der Waals surface area contributed by atoms with Crippen LogP contribution in [0.1, 0.15) is 5.82 Å². The molecule has 0 saturated heterocycles. The van der Waals surface area contributed by atoms with Crippen molar-refractivity contribution in [3.63, 3.8) is 0 Å². The summed E-state index contributed by atoms with van der Waals surface area (Å²) in [5.74, 6) is -0.300. The second-order valence-electron chi connectivity index (χ2n) is 6.06. The minimum Gasteiger partial charge on any atom is -0.406 e. The van der Waals surface area contributed by atoms with E-state index in [1.54, 1.807) is 24.5 Å². The number of ether oxygens (including phenoxy) is 1. The fraction of sp³-hybridized carbons (Fsp3) is 0.158. The molecule has 0 aliphatic rings. The molecule has 0 fully saturated rings. The molecule has 4 aromatic rings. The molecule has 0 spiro atoms. The van der Waals surface area contributed by atoms with Gasteiger partial charge in [0.15, 0.2) is 0 Å². The van der Waals surface area contributed by atoms with Crippen LogP contribution in [0.4, 0.5) is 13.2 Å². The average Bonchev–Trinajstić information content (AvgIpc) is 3.01. The van der Waals surface area contributed by atoms with E-state index < -0.39 is 12.1 Å². The summed E-state index contributed by atoms with van der Waals surface area (Å²) in [7, 11) is 0. The highest BCUT2D eigenvalue weighted by Crippen LogP contribution is 2.27. The van der Waals surface area contributed by atoms with Crippen LogP contribution in [0.5, 0.6) is 5.75 Å². The molecule has 29 heavy (non-hydrogen) atoms. The number of oxazole rings is 1. The van der Waals surface area contributed by atoms with Crippen LogP contribution in [-0.4, -0.2) is 25.9 Å². The van der Waals surface area contributed by atoms with Crippen molar-refractivity contribution in [1.29, 1.82) is 0 Å². The van der Waals surface area contributed by atoms with Crippen molar-refractivity contribution in [1.82, 2.24) is 19.5 Å². The van der Waals surface area contributed by atoms with Gasteiger partial charge >= 0.3 is 12.1 Å². The second kappa shape index (κ2) is 7.38. The Bertz CT molecular complexity index is 1190. The molecule has 0 bridgehead atoms. The van der Waals surface area contributed by atoms with Crippen LogP contribution in [0.15, 0.2) is 64.2 Å². The Balaban J connectivity index is 1.62. The van der Waals surface area contributed by atoms with E-state index in [0.29, 0.717) is 35.4 Å². The zero-order valence-corrected chi connectivity index (χ0v) is 14.8. The fourth-order valence-corrected chi connectivity index (χ4v) is 2.84. The summed E-state index contributed by atoms with van der Waals surface area (Å²) in [5, 5.41) is 0. The Kier molecular flexibility index (Phi) is 4.75. The lowest BCUT2D eigenvalue weighted by Gasteiger charge is -2.09. The molecule has 0 radical (unpaired) electrons. The maximum atomic E-state index is 12.3. The van der Waals surface area contributed by atoms with Crippen LogP contribution in [0.3, 0.4) is 0 Å². The van der Waals surface area contributed by atoms with Crippen molar-refractivity contribution < 1.29 is 22.3 Å². The Morgan fingerprint density at radius 1 is 1.03 bits per heavy atom. The maximum Gasteiger partial charge on any atom is 0.573 e. The molecule has 0 amide bonds. The van der Waals surface area contributed by atoms with Crippen molar-refractivity contribution in [2.75, 3.05) is 0 Å². The normalized spacial score (nSPS) is 11.7. The smallest absolute Gasteiger partial charge is 0.406 e. The van der Waals surface area contributed by atoms with Crippen molar-refractivity contribution in [3.8, 4) is 16.9 Å². The summed E-state index contributed by atoms with van der Waals surface area (Å²) in [4.78, 5) is 24.6. The molecule has 0 unspecified atom stereocenters. The minimum atomic E-state index is -4.75. The third-order valence-electron chi connectivity index (χ3n) is 4.13. The van der Waals surface area contributed by atoms with Gasteiger partial charge in [-0.15, -0.1) is 13.2 Å². The number of halogens is 3. The van der Waals surface area contributed by atoms with Crippen molar-refractivity contribution >= 4 is 11.2 Å². The van der Waals surface area contributed by atoms with E-state index in [4.69, 9.17) is 4.42 Å². The lowest BCUT2D eigenvalue weighted by molar-refractivity contribution is -0.274. The first-order valence-corrected chi connectivity index (χ1v) is 8.50. The van der Waals surface area contributed by atoms with Gasteiger partial charge in [0, 0.05) is 37.1 Å². The maximum absolute atomic E-state index is 12.3. The largest absolute Gasteiger partial charge is 0.573 e. The number of rotatable bonds is 5. The molecule has 0 aliphatic heterocycles. The third kappa shape index (κ3) is 4.26. The van der Waals surface area contributed by atoms with E-state index in [1.807, 2.05) is 0 Å². The van der Waals surface area contributed by atoms with Gasteiger partial charge in [0.2, 0.25) is 5.71 Å². The highest BCUT2D eigenvalue weighted by molar-refractivity contribution is 5.77. The quantitative estimate of drug-likeness (QED) is 0.507. The first kappa shape index (κ1) is 18.7. The lowest BCUT2D eigenvalue weighted by Crippen LogP contribution is -2.16. The van der Waals surface area contributed by atoms with Crippen molar-refractivity contribution in [2.24, 2.45) is 0 Å². The number of hydrogen-bond donors (Lipinski definition) is 0. The van der Waals surface area contributed by atoms with Gasteiger partial charge in [-0.05, 0) is 29.8 Å². The first-order valence-electron chi connectivity index (χ1n) is 8.50. The SMILES string of the molecule is O=c1oc2ncc(-c3ccc(OC(F)(F)F)cc3)cc2n1CCc1ncccn1. The fourth-order valence-electron chi connectivity index (χ4n) is 2.84. The Morgan fingerprint density at radius 2 is 1.76 bits per heavy atom. The van der Waals surface area contributed by atoms with Gasteiger partial charge < -0.3 is 9.15 Å². The van der Waals surface area contributed by atoms with Crippen LogP contribution in [0, 0.1) is 0 Å². The molecule has 0 atom stereocenters. The summed E-state index contributed by atoms with van der Waals surface area (Å²) in [6, 6.07) is 8.77. The monoisotopic (exact) mass is 402 g/mol. The predicted octanol–water partition coefficient (Wildman–Crippen LogP) is 3.59. The summed E-state index contributed by atoms with van der Waals surface area (Å²) in [6.07, 6.45) is 0.380. The van der Waals surface area contributed by atoms with Gasteiger partial charge in [-0.25, -0.2) is 19.7 Å². The average molecular weight is 402 g/mol. The Hall–Kier alpha value is -3.69. The molecule has 10 heteroatoms. The molecular formula is C19H13F3N4O3. The summed E-state index contributed by atoms with van der Waals surface area (Å²) in [6.45, 7) is 0.291. The van der Waals surface area contributed by atoms with E-state index >= 15 is 0 Å². The molecule has 4 rings (SSSR count). The van der Waals surface area contributed by atoms with E-state index in [-0.39, 0.29) is 11.5 Å². The number of nitrogens with zero attached hydrogens (tertiary/aromatic N) is 4. The lowest BCUT2D eigenvalue weighted by atomic mass is 10.1. The van der Waals surface area contributed by atoms with Crippen LogP contribution in [-0.2, 0) is 13.0 Å². The molecule has 148 valence electrons. The standard InChI is InChI=1S/C19H13F3N4O3/c20-19(21,22)29-14-4-2-12(3-5-14)13-10-15-17(25-11-13)28-18(27)26(15)9-6-16-23-7-1-8-24-16/h1-5,7-8,10-11H,6,9H2. The number of hydrogen-bond acceptors (Lipinski definition) is 6. The molecule has 1 aromatic carbocycles. The van der Waals surface area contributed by atoms with Gasteiger partial charge in [0.1, 0.15) is 17.1 Å². The predicted molar refractivity (Wildman–Crippen MR) is 96.1 cm³/mol. The Morgan fingerprint density at radius 3 is 2.45 bits per heavy atom. The number of benzene rings is 1. The van der Waals surface area contributed by atoms with Gasteiger partial charge in [0.25, 0.3) is 0 Å². The number of pyridine rings is 1. The summed E-state index contributed by atoms with van der Waals surface area (Å²) >= 11 is 0. The third-order valence-corrected chi connectivity index (χ3v) is 4.13. The van der Waals surface area contributed by atoms with Crippen LogP contribution >= 0.6 is 0 Å². The summed E-state index contributed by atoms with van der Waals surface area (Å²) < 4.78 is 47.3. The van der Waals surface area contributed by atoms with Crippen molar-refractivity contribution in [2.45, 2.75) is 19.3 Å². The zero-order chi connectivity index (χ0) is 20.4. The molecule has 3 aromatic heterocycles. The topological polar surface area (TPSA) is 83.0 Å². The molecule has 0 N–H and O–H groups in total. The van der Waals surface area contributed by atoms with Gasteiger partial charge in [-0.2, -0.15) is 0 Å². The molecule has 3 heterocycles. The van der Waals surface area contributed by atoms with Gasteiger partial charge in [0.05, 0.1) is 0 Å². The molecule has 7 nitrogen and oxygen atoms in total. The van der Waals surface area contributed by atoms with Crippen LogP contribution < -0.4 is 10.5 Å². The molecular weight excluding hydrogens is 389 g/mol. The van der Waals surface area contributed by atoms with E-state index in [9.17, 15) is 18.0 Å². The van der Waals surface area contributed by atoms with E-state index in [1.165, 1.54) is 35.0 Å². The number of fused-ring (bicyclic) bond motifs is 1. The van der Waals surface area contributed by atoms with Crippen LogP contribution in [0.2, 0.25) is 0 Å². The van der Waals surface area contributed by atoms with Gasteiger partial charge in [-0.3, -0.25) is 4.57 Å². The van der Waals surface area contributed by atoms with Crippen LogP contribution in [0.25, 0.3) is 22.4 Å².